The Morgan fingerprint density at radius 2 is 2.15 bits per heavy atom. The quantitative estimate of drug-likeness (QED) is 0.914. The summed E-state index contributed by atoms with van der Waals surface area (Å²) in [6, 6.07) is 6.30. The van der Waals surface area contributed by atoms with E-state index >= 15 is 0 Å². The Balaban J connectivity index is 2.36. The van der Waals surface area contributed by atoms with Crippen LogP contribution < -0.4 is 5.73 Å². The van der Waals surface area contributed by atoms with Gasteiger partial charge in [0.2, 0.25) is 5.91 Å². The Morgan fingerprint density at radius 3 is 2.85 bits per heavy atom. The second-order valence-electron chi connectivity index (χ2n) is 5.59. The maximum absolute atomic E-state index is 12.2. The van der Waals surface area contributed by atoms with Crippen molar-refractivity contribution < 1.29 is 9.53 Å². The van der Waals surface area contributed by atoms with Gasteiger partial charge in [-0.3, -0.25) is 4.79 Å². The van der Waals surface area contributed by atoms with Crippen molar-refractivity contribution in [3.8, 4) is 0 Å². The standard InChI is InChI=1S/C16H24N2O2/c1-11-4-5-12(2)13(10-11)16-14(17)6-7-15(19)18(16)8-9-20-3/h4-5,10,14,16H,6-9,17H2,1-3H3. The molecular weight excluding hydrogens is 252 g/mol. The third-order valence-corrected chi connectivity index (χ3v) is 4.04. The fourth-order valence-corrected chi connectivity index (χ4v) is 2.91. The number of benzene rings is 1. The van der Waals surface area contributed by atoms with Gasteiger partial charge in [-0.2, -0.15) is 0 Å². The first-order valence-electron chi connectivity index (χ1n) is 7.15. The van der Waals surface area contributed by atoms with Gasteiger partial charge in [-0.05, 0) is 31.4 Å². The van der Waals surface area contributed by atoms with Crippen molar-refractivity contribution in [2.75, 3.05) is 20.3 Å². The van der Waals surface area contributed by atoms with Gasteiger partial charge in [0.05, 0.1) is 12.6 Å². The maximum atomic E-state index is 12.2. The molecule has 4 heteroatoms. The number of ether oxygens (including phenoxy) is 1. The van der Waals surface area contributed by atoms with Crippen molar-refractivity contribution >= 4 is 5.91 Å². The van der Waals surface area contributed by atoms with Crippen LogP contribution >= 0.6 is 0 Å². The van der Waals surface area contributed by atoms with Gasteiger partial charge < -0.3 is 15.4 Å². The van der Waals surface area contributed by atoms with Crippen LogP contribution in [0.2, 0.25) is 0 Å². The van der Waals surface area contributed by atoms with Crippen LogP contribution in [0.3, 0.4) is 0 Å². The number of carbonyl (C=O) groups excluding carboxylic acids is 1. The lowest BCUT2D eigenvalue weighted by Gasteiger charge is -2.40. The van der Waals surface area contributed by atoms with Crippen molar-refractivity contribution in [1.29, 1.82) is 0 Å². The number of nitrogens with zero attached hydrogens (tertiary/aromatic N) is 1. The van der Waals surface area contributed by atoms with E-state index < -0.39 is 0 Å². The van der Waals surface area contributed by atoms with Crippen LogP contribution in [-0.2, 0) is 9.53 Å². The van der Waals surface area contributed by atoms with E-state index in [1.807, 2.05) is 4.90 Å². The Kier molecular flexibility index (Phi) is 4.78. The van der Waals surface area contributed by atoms with Gasteiger partial charge in [-0.1, -0.05) is 23.8 Å². The molecule has 1 aliphatic rings. The molecule has 1 amide bonds. The van der Waals surface area contributed by atoms with E-state index in [0.29, 0.717) is 19.6 Å². The molecule has 2 N–H and O–H groups in total. The van der Waals surface area contributed by atoms with Gasteiger partial charge in [-0.25, -0.2) is 0 Å². The summed E-state index contributed by atoms with van der Waals surface area (Å²) in [5, 5.41) is 0. The molecule has 2 rings (SSSR count). The van der Waals surface area contributed by atoms with Crippen molar-refractivity contribution in [2.24, 2.45) is 5.73 Å². The van der Waals surface area contributed by atoms with Crippen LogP contribution in [0.25, 0.3) is 0 Å². The third-order valence-electron chi connectivity index (χ3n) is 4.04. The number of amides is 1. The van der Waals surface area contributed by atoms with Gasteiger partial charge in [0.15, 0.2) is 0 Å². The summed E-state index contributed by atoms with van der Waals surface area (Å²) < 4.78 is 5.13. The first-order valence-corrected chi connectivity index (χ1v) is 7.15. The highest BCUT2D eigenvalue weighted by molar-refractivity contribution is 5.78. The highest BCUT2D eigenvalue weighted by Gasteiger charge is 2.35. The number of nitrogens with two attached hydrogens (primary N) is 1. The zero-order valence-electron chi connectivity index (χ0n) is 12.6. The van der Waals surface area contributed by atoms with Crippen molar-refractivity contribution in [1.82, 2.24) is 4.90 Å². The summed E-state index contributed by atoms with van der Waals surface area (Å²) in [6.45, 7) is 5.29. The van der Waals surface area contributed by atoms with Crippen LogP contribution in [-0.4, -0.2) is 37.1 Å². The molecule has 110 valence electrons. The number of likely N-dealkylation sites (tertiary alicyclic amines) is 1. The molecule has 1 aliphatic heterocycles. The molecule has 1 saturated heterocycles. The van der Waals surface area contributed by atoms with Gasteiger partial charge in [0, 0.05) is 26.1 Å². The zero-order chi connectivity index (χ0) is 14.7. The first kappa shape index (κ1) is 15.0. The molecule has 4 nitrogen and oxygen atoms in total. The predicted octanol–water partition coefficient (Wildman–Crippen LogP) is 1.94. The average molecular weight is 276 g/mol. The van der Waals surface area contributed by atoms with Gasteiger partial charge in [0.25, 0.3) is 0 Å². The molecule has 0 saturated carbocycles. The number of carbonyl (C=O) groups is 1. The highest BCUT2D eigenvalue weighted by Crippen LogP contribution is 2.33. The summed E-state index contributed by atoms with van der Waals surface area (Å²) in [6.07, 6.45) is 1.28. The fraction of sp³-hybridized carbons (Fsp3) is 0.562. The molecule has 0 spiro atoms. The molecule has 1 aromatic rings. The van der Waals surface area contributed by atoms with E-state index in [-0.39, 0.29) is 18.0 Å². The van der Waals surface area contributed by atoms with Crippen LogP contribution in [0.1, 0.15) is 35.6 Å². The normalized spacial score (nSPS) is 23.2. The molecule has 20 heavy (non-hydrogen) atoms. The molecule has 1 fully saturated rings. The summed E-state index contributed by atoms with van der Waals surface area (Å²) in [5.74, 6) is 0.176. The van der Waals surface area contributed by atoms with Crippen LogP contribution in [0.5, 0.6) is 0 Å². The molecule has 1 aromatic carbocycles. The second kappa shape index (κ2) is 6.37. The van der Waals surface area contributed by atoms with E-state index in [2.05, 4.69) is 32.0 Å². The second-order valence-corrected chi connectivity index (χ2v) is 5.59. The van der Waals surface area contributed by atoms with Crippen molar-refractivity contribution in [2.45, 2.75) is 38.8 Å². The maximum Gasteiger partial charge on any atom is 0.223 e. The fourth-order valence-electron chi connectivity index (χ4n) is 2.91. The molecule has 2 atom stereocenters. The third kappa shape index (κ3) is 3.02. The lowest BCUT2D eigenvalue weighted by atomic mass is 9.87. The number of rotatable bonds is 4. The van der Waals surface area contributed by atoms with E-state index in [9.17, 15) is 4.79 Å². The van der Waals surface area contributed by atoms with Crippen molar-refractivity contribution in [3.05, 3.63) is 34.9 Å². The number of methoxy groups -OCH3 is 1. The van der Waals surface area contributed by atoms with E-state index in [1.165, 1.54) is 16.7 Å². The summed E-state index contributed by atoms with van der Waals surface area (Å²) in [4.78, 5) is 14.1. The number of hydrogen-bond acceptors (Lipinski definition) is 3. The number of aryl methyl sites for hydroxylation is 2. The van der Waals surface area contributed by atoms with E-state index in [4.69, 9.17) is 10.5 Å². The van der Waals surface area contributed by atoms with Gasteiger partial charge >= 0.3 is 0 Å². The van der Waals surface area contributed by atoms with Crippen molar-refractivity contribution in [3.63, 3.8) is 0 Å². The largest absolute Gasteiger partial charge is 0.383 e. The summed E-state index contributed by atoms with van der Waals surface area (Å²) >= 11 is 0. The lowest BCUT2D eigenvalue weighted by molar-refractivity contribution is -0.138. The molecule has 0 aliphatic carbocycles. The Labute approximate surface area is 120 Å². The zero-order valence-corrected chi connectivity index (χ0v) is 12.6. The predicted molar refractivity (Wildman–Crippen MR) is 79.5 cm³/mol. The smallest absolute Gasteiger partial charge is 0.223 e. The SMILES string of the molecule is COCCN1C(=O)CCC(N)C1c1cc(C)ccc1C. The van der Waals surface area contributed by atoms with Crippen LogP contribution in [0.4, 0.5) is 0 Å². The minimum absolute atomic E-state index is 0.00921. The van der Waals surface area contributed by atoms with E-state index in [1.54, 1.807) is 7.11 Å². The van der Waals surface area contributed by atoms with Crippen LogP contribution in [0.15, 0.2) is 18.2 Å². The topological polar surface area (TPSA) is 55.6 Å². The molecule has 0 bridgehead atoms. The van der Waals surface area contributed by atoms with Gasteiger partial charge in [-0.15, -0.1) is 0 Å². The Bertz CT molecular complexity index is 487. The minimum atomic E-state index is -0.0358. The lowest BCUT2D eigenvalue weighted by Crippen LogP contribution is -2.50. The Hall–Kier alpha value is -1.39. The first-order chi connectivity index (χ1) is 9.54. The summed E-state index contributed by atoms with van der Waals surface area (Å²) in [7, 11) is 1.65. The minimum Gasteiger partial charge on any atom is -0.383 e. The molecular formula is C16H24N2O2. The highest BCUT2D eigenvalue weighted by atomic mass is 16.5. The summed E-state index contributed by atoms with van der Waals surface area (Å²) in [5.41, 5.74) is 9.87. The van der Waals surface area contributed by atoms with Crippen LogP contribution in [0, 0.1) is 13.8 Å². The molecule has 2 unspecified atom stereocenters. The van der Waals surface area contributed by atoms with Gasteiger partial charge in [0.1, 0.15) is 0 Å². The average Bonchev–Trinajstić information content (AvgIpc) is 2.42. The molecule has 1 heterocycles. The number of hydrogen-bond donors (Lipinski definition) is 1. The Morgan fingerprint density at radius 1 is 1.40 bits per heavy atom. The number of piperidine rings is 1. The molecule has 0 aromatic heterocycles. The van der Waals surface area contributed by atoms with E-state index in [0.717, 1.165) is 6.42 Å². The molecule has 0 radical (unpaired) electrons. The monoisotopic (exact) mass is 276 g/mol.